The molecule has 1 aliphatic rings. The van der Waals surface area contributed by atoms with E-state index in [4.69, 9.17) is 4.74 Å². The van der Waals surface area contributed by atoms with Crippen molar-refractivity contribution in [3.05, 3.63) is 163 Å². The third kappa shape index (κ3) is 5.93. The van der Waals surface area contributed by atoms with Crippen LogP contribution in [-0.2, 0) is 26.5 Å². The molecule has 3 heterocycles. The van der Waals surface area contributed by atoms with E-state index in [-0.39, 0.29) is 26.5 Å². The van der Waals surface area contributed by atoms with Crippen molar-refractivity contribution < 1.29 is 25.8 Å². The predicted octanol–water partition coefficient (Wildman–Crippen LogP) is 12.0. The van der Waals surface area contributed by atoms with Crippen LogP contribution in [0.2, 0.25) is 0 Å². The van der Waals surface area contributed by atoms with Crippen molar-refractivity contribution in [3.8, 4) is 27.8 Å². The maximum atomic E-state index is 6.49. The van der Waals surface area contributed by atoms with Gasteiger partial charge in [0, 0.05) is 72.3 Å². The largest absolute Gasteiger partial charge is 0.509 e. The molecule has 0 atom stereocenters. The Labute approximate surface area is 316 Å². The summed E-state index contributed by atoms with van der Waals surface area (Å²) in [6, 6.07) is 51.6. The molecule has 51 heavy (non-hydrogen) atoms. The molecule has 0 saturated heterocycles. The number of rotatable bonds is 6. The van der Waals surface area contributed by atoms with Crippen molar-refractivity contribution in [2.24, 2.45) is 0 Å². The molecule has 254 valence electrons. The molecule has 0 fully saturated rings. The molecule has 8 aromatic rings. The Bertz CT molecular complexity index is 2500. The van der Waals surface area contributed by atoms with E-state index in [0.29, 0.717) is 11.5 Å². The molecule has 0 N–H and O–H groups in total. The number of benzene rings is 6. The summed E-state index contributed by atoms with van der Waals surface area (Å²) in [5.41, 5.74) is 9.83. The van der Waals surface area contributed by atoms with Gasteiger partial charge >= 0.3 is 0 Å². The van der Waals surface area contributed by atoms with E-state index < -0.39 is 0 Å². The minimum absolute atomic E-state index is 0. The van der Waals surface area contributed by atoms with E-state index in [1.807, 2.05) is 29.8 Å². The second-order valence-electron chi connectivity index (χ2n) is 13.4. The van der Waals surface area contributed by atoms with Gasteiger partial charge in [0.05, 0.1) is 0 Å². The Morgan fingerprint density at radius 1 is 0.686 bits per heavy atom. The van der Waals surface area contributed by atoms with Crippen molar-refractivity contribution in [1.29, 1.82) is 0 Å². The van der Waals surface area contributed by atoms with Gasteiger partial charge in [0.25, 0.3) is 0 Å². The van der Waals surface area contributed by atoms with E-state index in [1.165, 1.54) is 16.7 Å². The Morgan fingerprint density at radius 2 is 1.43 bits per heavy atom. The molecule has 9 rings (SSSR count). The second kappa shape index (κ2) is 13.2. The smallest absolute Gasteiger partial charge is 0.192 e. The van der Waals surface area contributed by atoms with Gasteiger partial charge in [-0.3, -0.25) is 0 Å². The zero-order chi connectivity index (χ0) is 33.8. The van der Waals surface area contributed by atoms with Gasteiger partial charge in [-0.15, -0.1) is 59.4 Å². The summed E-state index contributed by atoms with van der Waals surface area (Å²) >= 11 is 1.60. The van der Waals surface area contributed by atoms with Crippen LogP contribution in [-0.4, -0.2) is 9.55 Å². The van der Waals surface area contributed by atoms with Gasteiger partial charge in [0.15, 0.2) is 5.13 Å². The second-order valence-corrected chi connectivity index (χ2v) is 14.3. The summed E-state index contributed by atoms with van der Waals surface area (Å²) < 4.78 is 8.65. The summed E-state index contributed by atoms with van der Waals surface area (Å²) in [5.74, 6) is 1.23. The number of nitrogens with zero attached hydrogens (tertiary/aromatic N) is 4. The average Bonchev–Trinajstić information content (AvgIpc) is 3.88. The normalized spacial score (nSPS) is 12.7. The molecular weight excluding hydrogens is 828 g/mol. The number of hydrogen-bond acceptors (Lipinski definition) is 5. The van der Waals surface area contributed by atoms with Gasteiger partial charge < -0.3 is 19.1 Å². The van der Waals surface area contributed by atoms with Crippen molar-refractivity contribution >= 4 is 55.9 Å². The van der Waals surface area contributed by atoms with Gasteiger partial charge in [0.2, 0.25) is 0 Å². The molecule has 0 aliphatic carbocycles. The van der Waals surface area contributed by atoms with Gasteiger partial charge in [-0.25, -0.2) is 4.98 Å². The van der Waals surface area contributed by atoms with Crippen molar-refractivity contribution in [3.63, 3.8) is 0 Å². The number of hydrogen-bond donors (Lipinski definition) is 0. The molecule has 5 nitrogen and oxygen atoms in total. The van der Waals surface area contributed by atoms with Crippen LogP contribution in [0.5, 0.6) is 11.5 Å². The van der Waals surface area contributed by atoms with Crippen LogP contribution in [0.25, 0.3) is 38.1 Å². The first-order chi connectivity index (χ1) is 24.4. The number of fused-ring (bicyclic) bond motifs is 4. The van der Waals surface area contributed by atoms with E-state index in [9.17, 15) is 0 Å². The molecule has 2 aromatic heterocycles. The number of ether oxygens (including phenoxy) is 1. The van der Waals surface area contributed by atoms with Crippen molar-refractivity contribution in [2.75, 3.05) is 9.80 Å². The van der Waals surface area contributed by atoms with Gasteiger partial charge in [0.1, 0.15) is 0 Å². The van der Waals surface area contributed by atoms with Crippen LogP contribution in [0, 0.1) is 18.8 Å². The number of anilines is 4. The van der Waals surface area contributed by atoms with Crippen molar-refractivity contribution in [2.45, 2.75) is 26.2 Å². The van der Waals surface area contributed by atoms with Crippen LogP contribution in [0.3, 0.4) is 0 Å². The summed E-state index contributed by atoms with van der Waals surface area (Å²) in [6.45, 7) is 8.95. The van der Waals surface area contributed by atoms with Crippen molar-refractivity contribution in [1.82, 2.24) is 9.55 Å². The van der Waals surface area contributed by atoms with Gasteiger partial charge in [-0.05, 0) is 46.2 Å². The first kappa shape index (κ1) is 33.0. The topological polar surface area (TPSA) is 33.5 Å². The minimum atomic E-state index is -0.00295. The monoisotopic (exact) mass is 860 g/mol. The molecule has 0 spiro atoms. The van der Waals surface area contributed by atoms with Crippen LogP contribution in [0.15, 0.2) is 139 Å². The fraction of sp³-hybridized carbons (Fsp3) is 0.0909. The van der Waals surface area contributed by atoms with E-state index in [0.717, 1.165) is 49.7 Å². The molecule has 6 aromatic carbocycles. The maximum Gasteiger partial charge on any atom is 0.192 e. The molecule has 0 amide bonds. The summed E-state index contributed by atoms with van der Waals surface area (Å²) in [5, 5.41) is 5.16. The Kier molecular flexibility index (Phi) is 8.53. The Balaban J connectivity index is 0.00000374. The van der Waals surface area contributed by atoms with E-state index in [2.05, 4.69) is 168 Å². The SMILES string of the molecule is CC(C)(C)c1ccc(-c2ccccc2)c(N2[CH-]N(c3[c-]c(Oc4[c-]c5c(cc4)c4ccccc4n5-c4nccs4)ccc3)c3ccccc32)c1.[Pt]. The fourth-order valence-corrected chi connectivity index (χ4v) is 7.43. The molecular formula is C44H33N4OPtS-3. The Morgan fingerprint density at radius 3 is 2.22 bits per heavy atom. The quantitative estimate of drug-likeness (QED) is 0.156. The predicted molar refractivity (Wildman–Crippen MR) is 206 cm³/mol. The van der Waals surface area contributed by atoms with Crippen LogP contribution >= 0.6 is 11.3 Å². The van der Waals surface area contributed by atoms with E-state index in [1.54, 1.807) is 11.3 Å². The average molecular weight is 861 g/mol. The van der Waals surface area contributed by atoms with Crippen LogP contribution in [0.1, 0.15) is 26.3 Å². The summed E-state index contributed by atoms with van der Waals surface area (Å²) in [6.07, 6.45) is 1.83. The van der Waals surface area contributed by atoms with Gasteiger partial charge in [-0.1, -0.05) is 99.1 Å². The number of thiazole rings is 1. The third-order valence-corrected chi connectivity index (χ3v) is 10.00. The zero-order valence-corrected chi connectivity index (χ0v) is 31.4. The van der Waals surface area contributed by atoms with E-state index >= 15 is 0 Å². The molecule has 1 aliphatic heterocycles. The minimum Gasteiger partial charge on any atom is -0.509 e. The molecule has 0 unspecified atom stereocenters. The standard InChI is InChI=1S/C44H33N4OS.Pt/c1-44(2,3)31-20-22-35(30-12-5-4-6-13-30)41(26-31)47-29-46(39-18-9-10-19-40(39)47)32-14-11-15-33(27-32)49-34-21-23-37-36-16-7-8-17-38(36)48(42(37)28-34)43-45-24-25-50-43;/h4-26,29H,1-3H3;/q-3;. The van der Waals surface area contributed by atoms with Crippen LogP contribution < -0.4 is 14.5 Å². The Hall–Kier alpha value is -5.16. The summed E-state index contributed by atoms with van der Waals surface area (Å²) in [4.78, 5) is 9.10. The third-order valence-electron chi connectivity index (χ3n) is 9.24. The molecule has 0 bridgehead atoms. The first-order valence-electron chi connectivity index (χ1n) is 16.7. The number of para-hydroxylation sites is 3. The number of aromatic nitrogens is 2. The zero-order valence-electron chi connectivity index (χ0n) is 28.3. The molecule has 7 heteroatoms. The van der Waals surface area contributed by atoms with Gasteiger partial charge in [-0.2, -0.15) is 12.1 Å². The fourth-order valence-electron chi connectivity index (χ4n) is 6.77. The first-order valence-corrected chi connectivity index (χ1v) is 17.6. The summed E-state index contributed by atoms with van der Waals surface area (Å²) in [7, 11) is 0. The molecule has 0 saturated carbocycles. The molecule has 0 radical (unpaired) electrons. The maximum absolute atomic E-state index is 6.49. The van der Waals surface area contributed by atoms with Crippen LogP contribution in [0.4, 0.5) is 22.7 Å².